The molecule has 14 heavy (non-hydrogen) atoms. The molecule has 2 atom stereocenters. The van der Waals surface area contributed by atoms with Crippen molar-refractivity contribution in [1.82, 2.24) is 0 Å². The van der Waals surface area contributed by atoms with E-state index in [4.69, 9.17) is 10.5 Å². The average Bonchev–Trinajstić information content (AvgIpc) is 2.15. The van der Waals surface area contributed by atoms with Gasteiger partial charge in [-0.1, -0.05) is 20.3 Å². The first kappa shape index (κ1) is 13.4. The molecule has 0 heterocycles. The number of aliphatic hydroxyl groups is 1. The zero-order valence-electron chi connectivity index (χ0n) is 9.03. The van der Waals surface area contributed by atoms with Crippen LogP contribution in [-0.4, -0.2) is 30.3 Å². The molecule has 0 aromatic heterocycles. The molecule has 4 nitrogen and oxygen atoms in total. The number of ether oxygens (including phenoxy) is 1. The Labute approximate surface area is 85.4 Å². The fraction of sp³-hybridized carbons (Fsp3) is 0.900. The second-order valence-corrected chi connectivity index (χ2v) is 3.62. The standard InChI is InChI=1S/C10H21NO3/c1-3-4-8(2)7-14-10(13)9(12)5-6-11/h8-9,12H,3-7,11H2,1-2H3. The molecular weight excluding hydrogens is 182 g/mol. The Morgan fingerprint density at radius 3 is 2.64 bits per heavy atom. The Balaban J connectivity index is 3.61. The van der Waals surface area contributed by atoms with Gasteiger partial charge in [-0.05, 0) is 25.3 Å². The van der Waals surface area contributed by atoms with E-state index in [1.165, 1.54) is 0 Å². The first-order valence-electron chi connectivity index (χ1n) is 5.16. The minimum Gasteiger partial charge on any atom is -0.463 e. The fourth-order valence-corrected chi connectivity index (χ4v) is 1.17. The van der Waals surface area contributed by atoms with Crippen LogP contribution in [0.25, 0.3) is 0 Å². The van der Waals surface area contributed by atoms with E-state index < -0.39 is 12.1 Å². The zero-order valence-corrected chi connectivity index (χ0v) is 9.03. The van der Waals surface area contributed by atoms with E-state index in [1.54, 1.807) is 0 Å². The summed E-state index contributed by atoms with van der Waals surface area (Å²) >= 11 is 0. The smallest absolute Gasteiger partial charge is 0.335 e. The molecule has 0 radical (unpaired) electrons. The highest BCUT2D eigenvalue weighted by molar-refractivity contribution is 5.74. The van der Waals surface area contributed by atoms with E-state index in [0.29, 0.717) is 19.1 Å². The molecule has 0 aliphatic heterocycles. The van der Waals surface area contributed by atoms with Crippen LogP contribution in [0.3, 0.4) is 0 Å². The summed E-state index contributed by atoms with van der Waals surface area (Å²) in [7, 11) is 0. The van der Waals surface area contributed by atoms with Crippen molar-refractivity contribution in [1.29, 1.82) is 0 Å². The lowest BCUT2D eigenvalue weighted by Crippen LogP contribution is -2.27. The van der Waals surface area contributed by atoms with E-state index in [-0.39, 0.29) is 6.42 Å². The van der Waals surface area contributed by atoms with Crippen LogP contribution in [0.1, 0.15) is 33.1 Å². The second-order valence-electron chi connectivity index (χ2n) is 3.62. The molecule has 0 saturated heterocycles. The lowest BCUT2D eigenvalue weighted by molar-refractivity contribution is -0.155. The fourth-order valence-electron chi connectivity index (χ4n) is 1.17. The van der Waals surface area contributed by atoms with Gasteiger partial charge in [0.1, 0.15) is 0 Å². The number of carbonyl (C=O) groups excluding carboxylic acids is 1. The minimum atomic E-state index is -1.06. The van der Waals surface area contributed by atoms with E-state index in [0.717, 1.165) is 12.8 Å². The highest BCUT2D eigenvalue weighted by Gasteiger charge is 2.16. The molecule has 84 valence electrons. The summed E-state index contributed by atoms with van der Waals surface area (Å²) in [6.45, 7) is 4.78. The van der Waals surface area contributed by atoms with Gasteiger partial charge in [0.25, 0.3) is 0 Å². The lowest BCUT2D eigenvalue weighted by Gasteiger charge is -2.13. The molecule has 0 saturated carbocycles. The number of aliphatic hydroxyl groups excluding tert-OH is 1. The lowest BCUT2D eigenvalue weighted by atomic mass is 10.1. The van der Waals surface area contributed by atoms with Gasteiger partial charge in [0.05, 0.1) is 6.61 Å². The molecule has 0 rings (SSSR count). The average molecular weight is 203 g/mol. The summed E-state index contributed by atoms with van der Waals surface area (Å²) in [5, 5.41) is 9.21. The molecule has 0 aromatic rings. The SMILES string of the molecule is CCCC(C)COC(=O)C(O)CCN. The van der Waals surface area contributed by atoms with E-state index in [1.807, 2.05) is 6.92 Å². The highest BCUT2D eigenvalue weighted by Crippen LogP contribution is 2.06. The van der Waals surface area contributed by atoms with Crippen LogP contribution >= 0.6 is 0 Å². The number of carbonyl (C=O) groups is 1. The first-order chi connectivity index (χ1) is 6.61. The van der Waals surface area contributed by atoms with E-state index >= 15 is 0 Å². The third kappa shape index (κ3) is 5.94. The van der Waals surface area contributed by atoms with Gasteiger partial charge in [-0.3, -0.25) is 0 Å². The normalized spacial score (nSPS) is 14.9. The van der Waals surface area contributed by atoms with Gasteiger partial charge in [-0.25, -0.2) is 4.79 Å². The summed E-state index contributed by atoms with van der Waals surface area (Å²) in [6.07, 6.45) is 1.31. The molecule has 0 aliphatic rings. The predicted octanol–water partition coefficient (Wildman–Crippen LogP) is 0.676. The molecule has 2 unspecified atom stereocenters. The first-order valence-corrected chi connectivity index (χ1v) is 5.16. The Bertz CT molecular complexity index is 161. The van der Waals surface area contributed by atoms with Gasteiger partial charge >= 0.3 is 5.97 Å². The van der Waals surface area contributed by atoms with Crippen molar-refractivity contribution in [3.05, 3.63) is 0 Å². The van der Waals surface area contributed by atoms with Crippen molar-refractivity contribution >= 4 is 5.97 Å². The monoisotopic (exact) mass is 203 g/mol. The largest absolute Gasteiger partial charge is 0.463 e. The predicted molar refractivity (Wildman–Crippen MR) is 54.7 cm³/mol. The van der Waals surface area contributed by atoms with Crippen molar-refractivity contribution in [3.63, 3.8) is 0 Å². The summed E-state index contributed by atoms with van der Waals surface area (Å²) in [6, 6.07) is 0. The second kappa shape index (κ2) is 7.76. The van der Waals surface area contributed by atoms with Gasteiger partial charge < -0.3 is 15.6 Å². The Morgan fingerprint density at radius 2 is 2.14 bits per heavy atom. The summed E-state index contributed by atoms with van der Waals surface area (Å²) < 4.78 is 4.93. The van der Waals surface area contributed by atoms with Crippen molar-refractivity contribution in [3.8, 4) is 0 Å². The number of hydrogen-bond acceptors (Lipinski definition) is 4. The summed E-state index contributed by atoms with van der Waals surface area (Å²) in [5.41, 5.74) is 5.20. The third-order valence-corrected chi connectivity index (χ3v) is 2.00. The molecule has 4 heteroatoms. The van der Waals surface area contributed by atoms with Crippen LogP contribution in [0.5, 0.6) is 0 Å². The van der Waals surface area contributed by atoms with Gasteiger partial charge in [0.2, 0.25) is 0 Å². The molecule has 0 aliphatic carbocycles. The van der Waals surface area contributed by atoms with Crippen LogP contribution in [0.15, 0.2) is 0 Å². The Hall–Kier alpha value is -0.610. The molecule has 0 bridgehead atoms. The number of hydrogen-bond donors (Lipinski definition) is 2. The number of nitrogens with two attached hydrogens (primary N) is 1. The number of esters is 1. The maximum Gasteiger partial charge on any atom is 0.335 e. The van der Waals surface area contributed by atoms with Gasteiger partial charge in [-0.2, -0.15) is 0 Å². The van der Waals surface area contributed by atoms with Crippen LogP contribution in [0.4, 0.5) is 0 Å². The third-order valence-electron chi connectivity index (χ3n) is 2.00. The van der Waals surface area contributed by atoms with Crippen molar-refractivity contribution in [2.45, 2.75) is 39.2 Å². The zero-order chi connectivity index (χ0) is 11.0. The maximum atomic E-state index is 11.1. The van der Waals surface area contributed by atoms with Crippen LogP contribution < -0.4 is 5.73 Å². The molecule has 0 aromatic carbocycles. The molecule has 0 amide bonds. The van der Waals surface area contributed by atoms with Crippen LogP contribution in [0, 0.1) is 5.92 Å². The molecule has 0 spiro atoms. The van der Waals surface area contributed by atoms with Crippen LogP contribution in [0.2, 0.25) is 0 Å². The number of rotatable bonds is 7. The van der Waals surface area contributed by atoms with Gasteiger partial charge in [0.15, 0.2) is 6.10 Å². The minimum absolute atomic E-state index is 0.265. The van der Waals surface area contributed by atoms with Crippen molar-refractivity contribution < 1.29 is 14.6 Å². The van der Waals surface area contributed by atoms with Crippen molar-refractivity contribution in [2.75, 3.05) is 13.2 Å². The van der Waals surface area contributed by atoms with E-state index in [2.05, 4.69) is 6.92 Å². The maximum absolute atomic E-state index is 11.1. The highest BCUT2D eigenvalue weighted by atomic mass is 16.5. The van der Waals surface area contributed by atoms with Crippen molar-refractivity contribution in [2.24, 2.45) is 11.7 Å². The Kier molecular flexibility index (Phi) is 7.42. The van der Waals surface area contributed by atoms with E-state index in [9.17, 15) is 9.90 Å². The van der Waals surface area contributed by atoms with Gasteiger partial charge in [0, 0.05) is 0 Å². The summed E-state index contributed by atoms with van der Waals surface area (Å²) in [4.78, 5) is 11.1. The topological polar surface area (TPSA) is 72.5 Å². The van der Waals surface area contributed by atoms with Gasteiger partial charge in [-0.15, -0.1) is 0 Å². The quantitative estimate of drug-likeness (QED) is 0.597. The summed E-state index contributed by atoms with van der Waals surface area (Å²) in [5.74, 6) is -0.201. The molecule has 3 N–H and O–H groups in total. The molecular formula is C10H21NO3. The molecule has 0 fully saturated rings. The Morgan fingerprint density at radius 1 is 1.50 bits per heavy atom. The van der Waals surface area contributed by atoms with Crippen LogP contribution in [-0.2, 0) is 9.53 Å².